The number of carbonyl (C=O) groups excluding carboxylic acids is 3. The Balaban J connectivity index is 1.56. The van der Waals surface area contributed by atoms with Crippen LogP contribution in [0.2, 0.25) is 0 Å². The van der Waals surface area contributed by atoms with Crippen LogP contribution >= 0.6 is 31.9 Å². The normalized spacial score (nSPS) is 25.5. The van der Waals surface area contributed by atoms with Gasteiger partial charge in [0.25, 0.3) is 11.8 Å². The Hall–Kier alpha value is -2.20. The minimum absolute atomic E-state index is 0.126. The second kappa shape index (κ2) is 9.58. The number of benzene rings is 1. The molecule has 0 radical (unpaired) electrons. The lowest BCUT2D eigenvalue weighted by Gasteiger charge is -2.17. The molecule has 1 saturated heterocycles. The van der Waals surface area contributed by atoms with Gasteiger partial charge in [-0.15, -0.1) is 0 Å². The number of amides is 2. The topological polar surface area (TPSA) is 94.5 Å². The largest absolute Gasteiger partial charge is 0.490 e. The van der Waals surface area contributed by atoms with Crippen LogP contribution in [0, 0.1) is 23.7 Å². The van der Waals surface area contributed by atoms with Crippen molar-refractivity contribution < 1.29 is 28.6 Å². The molecule has 2 aliphatic carbocycles. The minimum atomic E-state index is -0.499. The maximum Gasteiger partial charge on any atom is 0.344 e. The molecule has 2 fully saturated rings. The highest BCUT2D eigenvalue weighted by atomic mass is 79.9. The maximum absolute atomic E-state index is 12.9. The number of hydrazone groups is 1. The number of halogens is 2. The average Bonchev–Trinajstić information content (AvgIpc) is 3.43. The number of ether oxygens (including phenoxy) is 3. The summed E-state index contributed by atoms with van der Waals surface area (Å²) in [6.07, 6.45) is 6.15. The lowest BCUT2D eigenvalue weighted by atomic mass is 9.85. The molecule has 1 aromatic carbocycles. The summed E-state index contributed by atoms with van der Waals surface area (Å²) in [5.74, 6) is -0.649. The van der Waals surface area contributed by atoms with Gasteiger partial charge in [-0.2, -0.15) is 10.1 Å². The first-order valence-electron chi connectivity index (χ1n) is 10.8. The number of rotatable bonds is 8. The quantitative estimate of drug-likeness (QED) is 0.198. The fourth-order valence-corrected chi connectivity index (χ4v) is 5.58. The second-order valence-electron chi connectivity index (χ2n) is 8.41. The summed E-state index contributed by atoms with van der Waals surface area (Å²) in [6.45, 7) is 5.42. The molecule has 1 aromatic rings. The molecule has 0 aromatic heterocycles. The number of imide groups is 1. The van der Waals surface area contributed by atoms with Crippen LogP contribution in [0.1, 0.15) is 32.8 Å². The van der Waals surface area contributed by atoms with E-state index >= 15 is 0 Å². The number of hydrogen-bond donors (Lipinski definition) is 0. The number of hydrogen-bond acceptors (Lipinski definition) is 7. The number of esters is 1. The summed E-state index contributed by atoms with van der Waals surface area (Å²) >= 11 is 6.97. The maximum atomic E-state index is 12.9. The minimum Gasteiger partial charge on any atom is -0.490 e. The summed E-state index contributed by atoms with van der Waals surface area (Å²) in [5, 5.41) is 5.23. The fraction of sp³-hybridized carbons (Fsp3) is 0.478. The van der Waals surface area contributed by atoms with Gasteiger partial charge in [0.15, 0.2) is 18.1 Å². The molecule has 1 saturated carbocycles. The van der Waals surface area contributed by atoms with Crippen molar-refractivity contribution in [3.8, 4) is 11.5 Å². The highest BCUT2D eigenvalue weighted by molar-refractivity contribution is 9.13. The van der Waals surface area contributed by atoms with E-state index in [1.165, 1.54) is 6.21 Å². The molecule has 10 heteroatoms. The molecular weight excluding hydrogens is 560 g/mol. The molecule has 4 rings (SSSR count). The van der Waals surface area contributed by atoms with Gasteiger partial charge in [0.1, 0.15) is 0 Å². The highest BCUT2D eigenvalue weighted by Crippen LogP contribution is 2.52. The summed E-state index contributed by atoms with van der Waals surface area (Å²) in [6, 6.07) is 1.67. The third kappa shape index (κ3) is 4.47. The smallest absolute Gasteiger partial charge is 0.344 e. The molecule has 3 aliphatic rings. The van der Waals surface area contributed by atoms with E-state index in [1.54, 1.807) is 19.9 Å². The van der Waals surface area contributed by atoms with E-state index in [2.05, 4.69) is 37.0 Å². The van der Waals surface area contributed by atoms with Gasteiger partial charge in [-0.1, -0.05) is 12.2 Å². The molecule has 33 heavy (non-hydrogen) atoms. The number of fused-ring (bicyclic) bond motifs is 5. The van der Waals surface area contributed by atoms with Crippen LogP contribution in [0.15, 0.2) is 32.3 Å². The van der Waals surface area contributed by atoms with E-state index in [1.807, 2.05) is 19.1 Å². The highest BCUT2D eigenvalue weighted by Gasteiger charge is 2.59. The molecular formula is C23H24Br2N2O6. The molecule has 1 aliphatic heterocycles. The van der Waals surface area contributed by atoms with E-state index < -0.39 is 5.97 Å². The Morgan fingerprint density at radius 2 is 1.79 bits per heavy atom. The van der Waals surface area contributed by atoms with Gasteiger partial charge in [-0.05, 0) is 77.0 Å². The molecule has 4 atom stereocenters. The fourth-order valence-electron chi connectivity index (χ4n) is 4.64. The molecule has 2 bridgehead atoms. The zero-order valence-electron chi connectivity index (χ0n) is 18.4. The van der Waals surface area contributed by atoms with Crippen molar-refractivity contribution in [3.05, 3.63) is 32.7 Å². The van der Waals surface area contributed by atoms with Crippen molar-refractivity contribution in [2.24, 2.45) is 28.8 Å². The van der Waals surface area contributed by atoms with Crippen LogP contribution in [-0.2, 0) is 19.1 Å². The van der Waals surface area contributed by atoms with Crippen LogP contribution in [0.25, 0.3) is 0 Å². The van der Waals surface area contributed by atoms with Crippen LogP contribution in [0.4, 0.5) is 0 Å². The Labute approximate surface area is 208 Å². The summed E-state index contributed by atoms with van der Waals surface area (Å²) < 4.78 is 17.5. The number of allylic oxidation sites excluding steroid dienone is 2. The Kier molecular flexibility index (Phi) is 6.95. The molecule has 0 spiro atoms. The number of nitrogens with zero attached hydrogens (tertiary/aromatic N) is 2. The molecule has 0 unspecified atom stereocenters. The van der Waals surface area contributed by atoms with Crippen LogP contribution in [-0.4, -0.2) is 48.3 Å². The standard InChI is InChI=1S/C23H24Br2N2O6/c1-4-31-15-8-14(19(24)20(25)21(15)32-10-16(28)33-11(2)3)9-26-27-22(29)17-12-5-6-13(7-12)18(17)23(27)30/h5-6,8-9,11-13,17-18H,4,7,10H2,1-3H3/t12-,13-,17-,18+/m0/s1. The van der Waals surface area contributed by atoms with Crippen molar-refractivity contribution >= 4 is 55.9 Å². The van der Waals surface area contributed by atoms with Crippen LogP contribution < -0.4 is 9.47 Å². The zero-order valence-corrected chi connectivity index (χ0v) is 21.6. The van der Waals surface area contributed by atoms with Gasteiger partial charge in [-0.3, -0.25) is 9.59 Å². The zero-order chi connectivity index (χ0) is 23.9. The van der Waals surface area contributed by atoms with Crippen molar-refractivity contribution in [2.45, 2.75) is 33.3 Å². The van der Waals surface area contributed by atoms with E-state index in [0.29, 0.717) is 32.6 Å². The number of carbonyl (C=O) groups is 3. The lowest BCUT2D eigenvalue weighted by molar-refractivity contribution is -0.149. The molecule has 176 valence electrons. The Morgan fingerprint density at radius 3 is 2.36 bits per heavy atom. The van der Waals surface area contributed by atoms with Gasteiger partial charge in [0.05, 0.1) is 35.2 Å². The molecule has 0 N–H and O–H groups in total. The summed E-state index contributed by atoms with van der Waals surface area (Å²) in [7, 11) is 0. The first-order valence-corrected chi connectivity index (χ1v) is 12.4. The van der Waals surface area contributed by atoms with E-state index in [-0.39, 0.29) is 48.2 Å². The van der Waals surface area contributed by atoms with E-state index in [0.717, 1.165) is 11.4 Å². The monoisotopic (exact) mass is 582 g/mol. The van der Waals surface area contributed by atoms with E-state index in [9.17, 15) is 14.4 Å². The third-order valence-electron chi connectivity index (χ3n) is 5.92. The first-order chi connectivity index (χ1) is 15.7. The van der Waals surface area contributed by atoms with Crippen molar-refractivity contribution in [1.29, 1.82) is 0 Å². The summed E-state index contributed by atoms with van der Waals surface area (Å²) in [4.78, 5) is 37.6. The van der Waals surface area contributed by atoms with Gasteiger partial charge in [-0.25, -0.2) is 4.79 Å². The van der Waals surface area contributed by atoms with Gasteiger partial charge < -0.3 is 14.2 Å². The molecule has 1 heterocycles. The van der Waals surface area contributed by atoms with Crippen molar-refractivity contribution in [3.63, 3.8) is 0 Å². The predicted octanol–water partition coefficient (Wildman–Crippen LogP) is 4.08. The molecule has 2 amide bonds. The summed E-state index contributed by atoms with van der Waals surface area (Å²) in [5.41, 5.74) is 0.571. The SMILES string of the molecule is CCOc1cc(C=NN2C(=O)[C@@H]3[C@H](C2=O)[C@H]2C=C[C@H]3C2)c(Br)c(Br)c1OCC(=O)OC(C)C. The average molecular weight is 584 g/mol. The van der Waals surface area contributed by atoms with Crippen molar-refractivity contribution in [2.75, 3.05) is 13.2 Å². The van der Waals surface area contributed by atoms with Crippen LogP contribution in [0.5, 0.6) is 11.5 Å². The molecule has 8 nitrogen and oxygen atoms in total. The van der Waals surface area contributed by atoms with Gasteiger partial charge in [0, 0.05) is 10.0 Å². The Morgan fingerprint density at radius 1 is 1.15 bits per heavy atom. The lowest BCUT2D eigenvalue weighted by Crippen LogP contribution is -2.28. The first kappa shape index (κ1) is 23.9. The van der Waals surface area contributed by atoms with Gasteiger partial charge >= 0.3 is 5.97 Å². The van der Waals surface area contributed by atoms with Gasteiger partial charge in [0.2, 0.25) is 0 Å². The third-order valence-corrected chi connectivity index (χ3v) is 8.06. The second-order valence-corrected chi connectivity index (χ2v) is 10.0. The Bertz CT molecular complexity index is 1020. The van der Waals surface area contributed by atoms with E-state index in [4.69, 9.17) is 14.2 Å². The van der Waals surface area contributed by atoms with Crippen molar-refractivity contribution in [1.82, 2.24) is 5.01 Å². The predicted molar refractivity (Wildman–Crippen MR) is 127 cm³/mol. The van der Waals surface area contributed by atoms with Crippen LogP contribution in [0.3, 0.4) is 0 Å².